The number of hydrogen-bond donors (Lipinski definition) is 1. The SMILES string of the molecule is CNC1CCC(c2nc3cc(Cl)ccn3n2)CC1. The fourth-order valence-corrected chi connectivity index (χ4v) is 2.84. The summed E-state index contributed by atoms with van der Waals surface area (Å²) in [5.74, 6) is 1.46. The molecule has 1 N–H and O–H groups in total. The second-order valence-electron chi connectivity index (χ2n) is 4.95. The average molecular weight is 265 g/mol. The predicted octanol–water partition coefficient (Wildman–Crippen LogP) is 2.63. The third-order valence-electron chi connectivity index (χ3n) is 3.82. The highest BCUT2D eigenvalue weighted by Gasteiger charge is 2.24. The van der Waals surface area contributed by atoms with E-state index in [0.29, 0.717) is 17.0 Å². The van der Waals surface area contributed by atoms with Crippen molar-refractivity contribution in [1.82, 2.24) is 19.9 Å². The van der Waals surface area contributed by atoms with E-state index in [4.69, 9.17) is 11.6 Å². The van der Waals surface area contributed by atoms with E-state index in [2.05, 4.69) is 15.4 Å². The lowest BCUT2D eigenvalue weighted by molar-refractivity contribution is 0.351. The van der Waals surface area contributed by atoms with E-state index >= 15 is 0 Å². The van der Waals surface area contributed by atoms with Gasteiger partial charge in [-0.2, -0.15) is 5.10 Å². The summed E-state index contributed by atoms with van der Waals surface area (Å²) in [6.45, 7) is 0. The zero-order chi connectivity index (χ0) is 12.5. The van der Waals surface area contributed by atoms with E-state index in [-0.39, 0.29) is 0 Å². The van der Waals surface area contributed by atoms with Gasteiger partial charge in [-0.05, 0) is 38.8 Å². The van der Waals surface area contributed by atoms with Gasteiger partial charge < -0.3 is 5.32 Å². The maximum Gasteiger partial charge on any atom is 0.157 e. The van der Waals surface area contributed by atoms with E-state index in [1.54, 1.807) is 0 Å². The third kappa shape index (κ3) is 2.22. The highest BCUT2D eigenvalue weighted by Crippen LogP contribution is 2.31. The first-order chi connectivity index (χ1) is 8.76. The zero-order valence-corrected chi connectivity index (χ0v) is 11.2. The van der Waals surface area contributed by atoms with E-state index in [1.807, 2.05) is 29.9 Å². The Balaban J connectivity index is 1.82. The maximum atomic E-state index is 5.96. The van der Waals surface area contributed by atoms with Crippen molar-refractivity contribution in [3.05, 3.63) is 29.2 Å². The zero-order valence-electron chi connectivity index (χ0n) is 10.4. The second-order valence-corrected chi connectivity index (χ2v) is 5.39. The monoisotopic (exact) mass is 264 g/mol. The summed E-state index contributed by atoms with van der Waals surface area (Å²) < 4.78 is 1.81. The summed E-state index contributed by atoms with van der Waals surface area (Å²) in [5.41, 5.74) is 0.841. The Bertz CT molecular complexity index is 543. The van der Waals surface area contributed by atoms with Crippen molar-refractivity contribution < 1.29 is 0 Å². The van der Waals surface area contributed by atoms with E-state index in [9.17, 15) is 0 Å². The van der Waals surface area contributed by atoms with Crippen molar-refractivity contribution in [3.8, 4) is 0 Å². The molecule has 0 amide bonds. The molecule has 1 saturated carbocycles. The maximum absolute atomic E-state index is 5.96. The summed E-state index contributed by atoms with van der Waals surface area (Å²) in [7, 11) is 2.04. The Morgan fingerprint density at radius 1 is 1.33 bits per heavy atom. The van der Waals surface area contributed by atoms with Gasteiger partial charge in [-0.1, -0.05) is 11.6 Å². The Morgan fingerprint density at radius 3 is 2.83 bits per heavy atom. The van der Waals surface area contributed by atoms with Gasteiger partial charge in [-0.25, -0.2) is 9.50 Å². The Labute approximate surface area is 111 Å². The van der Waals surface area contributed by atoms with Gasteiger partial charge in [0.05, 0.1) is 0 Å². The van der Waals surface area contributed by atoms with Crippen molar-refractivity contribution in [3.63, 3.8) is 0 Å². The van der Waals surface area contributed by atoms with Gasteiger partial charge in [-0.3, -0.25) is 0 Å². The highest BCUT2D eigenvalue weighted by atomic mass is 35.5. The van der Waals surface area contributed by atoms with Crippen LogP contribution in [0.25, 0.3) is 5.65 Å². The molecule has 0 saturated heterocycles. The first kappa shape index (κ1) is 11.9. The molecular formula is C13H17ClN4. The minimum atomic E-state index is 0.494. The number of rotatable bonds is 2. The van der Waals surface area contributed by atoms with Crippen LogP contribution in [0.1, 0.15) is 37.4 Å². The number of fused-ring (bicyclic) bond motifs is 1. The van der Waals surface area contributed by atoms with Gasteiger partial charge >= 0.3 is 0 Å². The minimum Gasteiger partial charge on any atom is -0.317 e. The van der Waals surface area contributed by atoms with Crippen LogP contribution >= 0.6 is 11.6 Å². The highest BCUT2D eigenvalue weighted by molar-refractivity contribution is 6.30. The summed E-state index contributed by atoms with van der Waals surface area (Å²) >= 11 is 5.96. The molecule has 2 aromatic rings. The Hall–Kier alpha value is -1.13. The number of nitrogens with zero attached hydrogens (tertiary/aromatic N) is 3. The molecule has 1 fully saturated rings. The van der Waals surface area contributed by atoms with Crippen LogP contribution in [-0.4, -0.2) is 27.7 Å². The fraction of sp³-hybridized carbons (Fsp3) is 0.538. The molecule has 0 bridgehead atoms. The van der Waals surface area contributed by atoms with Crippen LogP contribution in [0.15, 0.2) is 18.3 Å². The normalized spacial score (nSPS) is 24.6. The Morgan fingerprint density at radius 2 is 2.11 bits per heavy atom. The quantitative estimate of drug-likeness (QED) is 0.907. The molecule has 0 atom stereocenters. The van der Waals surface area contributed by atoms with Crippen LogP contribution in [0.3, 0.4) is 0 Å². The molecule has 96 valence electrons. The molecule has 4 nitrogen and oxygen atoms in total. The van der Waals surface area contributed by atoms with Crippen LogP contribution in [0.2, 0.25) is 5.02 Å². The van der Waals surface area contributed by atoms with Crippen LogP contribution in [-0.2, 0) is 0 Å². The van der Waals surface area contributed by atoms with Crippen molar-refractivity contribution in [2.45, 2.75) is 37.6 Å². The largest absolute Gasteiger partial charge is 0.317 e. The smallest absolute Gasteiger partial charge is 0.157 e. The molecule has 0 unspecified atom stereocenters. The predicted molar refractivity (Wildman–Crippen MR) is 72.1 cm³/mol. The topological polar surface area (TPSA) is 42.2 Å². The number of pyridine rings is 1. The lowest BCUT2D eigenvalue weighted by Crippen LogP contribution is -2.29. The first-order valence-electron chi connectivity index (χ1n) is 6.45. The summed E-state index contributed by atoms with van der Waals surface area (Å²) in [6, 6.07) is 4.36. The molecule has 1 aliphatic carbocycles. The molecule has 0 radical (unpaired) electrons. The molecule has 0 spiro atoms. The van der Waals surface area contributed by atoms with Crippen LogP contribution in [0, 0.1) is 0 Å². The third-order valence-corrected chi connectivity index (χ3v) is 4.05. The van der Waals surface area contributed by atoms with Gasteiger partial charge in [0, 0.05) is 29.2 Å². The van der Waals surface area contributed by atoms with Crippen LogP contribution in [0.4, 0.5) is 0 Å². The number of halogens is 1. The molecule has 2 aromatic heterocycles. The molecular weight excluding hydrogens is 248 g/mol. The van der Waals surface area contributed by atoms with Crippen LogP contribution < -0.4 is 5.32 Å². The van der Waals surface area contributed by atoms with E-state index < -0.39 is 0 Å². The molecule has 1 aliphatic rings. The second kappa shape index (κ2) is 4.86. The number of aromatic nitrogens is 3. The van der Waals surface area contributed by atoms with Crippen molar-refractivity contribution in [1.29, 1.82) is 0 Å². The first-order valence-corrected chi connectivity index (χ1v) is 6.83. The van der Waals surface area contributed by atoms with E-state index in [0.717, 1.165) is 24.3 Å². The summed E-state index contributed by atoms with van der Waals surface area (Å²) in [6.07, 6.45) is 6.61. The van der Waals surface area contributed by atoms with E-state index in [1.165, 1.54) is 12.8 Å². The van der Waals surface area contributed by atoms with Gasteiger partial charge in [-0.15, -0.1) is 0 Å². The summed E-state index contributed by atoms with van der Waals surface area (Å²) in [4.78, 5) is 4.60. The van der Waals surface area contributed by atoms with Crippen molar-refractivity contribution in [2.24, 2.45) is 0 Å². The molecule has 0 aromatic carbocycles. The minimum absolute atomic E-state index is 0.494. The van der Waals surface area contributed by atoms with Gasteiger partial charge in [0.2, 0.25) is 0 Å². The number of nitrogens with one attached hydrogen (secondary N) is 1. The van der Waals surface area contributed by atoms with Crippen molar-refractivity contribution >= 4 is 17.2 Å². The van der Waals surface area contributed by atoms with Gasteiger partial charge in [0.25, 0.3) is 0 Å². The standard InChI is InChI=1S/C13H17ClN4/c1-15-11-4-2-9(3-5-11)13-16-12-8-10(14)6-7-18(12)17-13/h6-9,11,15H,2-5H2,1H3. The fourth-order valence-electron chi connectivity index (χ4n) is 2.69. The molecule has 3 rings (SSSR count). The average Bonchev–Trinajstić information content (AvgIpc) is 2.81. The van der Waals surface area contributed by atoms with Gasteiger partial charge in [0.15, 0.2) is 11.5 Å². The molecule has 5 heteroatoms. The number of hydrogen-bond acceptors (Lipinski definition) is 3. The molecule has 2 heterocycles. The van der Waals surface area contributed by atoms with Crippen LogP contribution in [0.5, 0.6) is 0 Å². The Kier molecular flexibility index (Phi) is 3.22. The molecule has 0 aliphatic heterocycles. The van der Waals surface area contributed by atoms with Gasteiger partial charge in [0.1, 0.15) is 0 Å². The lowest BCUT2D eigenvalue weighted by atomic mass is 9.86. The summed E-state index contributed by atoms with van der Waals surface area (Å²) in [5, 5.41) is 8.61. The lowest BCUT2D eigenvalue weighted by Gasteiger charge is -2.26. The molecule has 18 heavy (non-hydrogen) atoms. The van der Waals surface area contributed by atoms with Crippen molar-refractivity contribution in [2.75, 3.05) is 7.05 Å².